The van der Waals surface area contributed by atoms with E-state index in [1.807, 2.05) is 31.3 Å². The van der Waals surface area contributed by atoms with Gasteiger partial charge in [-0.05, 0) is 63.1 Å². The molecule has 7 nitrogen and oxygen atoms in total. The SMILES string of the molecule is CCc1ccc(C2CCC(N3CCN(c4ccc(C(=O)NC5CCC5)nc4)CC3)C2)[nH]c1=O. The second kappa shape index (κ2) is 9.67. The van der Waals surface area contributed by atoms with Crippen molar-refractivity contribution in [2.75, 3.05) is 31.1 Å². The van der Waals surface area contributed by atoms with E-state index in [4.69, 9.17) is 0 Å². The quantitative estimate of drug-likeness (QED) is 0.708. The summed E-state index contributed by atoms with van der Waals surface area (Å²) in [6, 6.07) is 8.91. The van der Waals surface area contributed by atoms with Crippen LogP contribution in [0, 0.1) is 0 Å². The van der Waals surface area contributed by atoms with Gasteiger partial charge >= 0.3 is 0 Å². The number of carbonyl (C=O) groups excluding carboxylic acids is 1. The van der Waals surface area contributed by atoms with Gasteiger partial charge in [-0.25, -0.2) is 4.98 Å². The van der Waals surface area contributed by atoms with Crippen molar-refractivity contribution in [3.05, 3.63) is 57.8 Å². The van der Waals surface area contributed by atoms with Gasteiger partial charge in [0.05, 0.1) is 11.9 Å². The fourth-order valence-corrected chi connectivity index (χ4v) is 5.47. The number of anilines is 1. The highest BCUT2D eigenvalue weighted by molar-refractivity contribution is 5.92. The Kier molecular flexibility index (Phi) is 6.49. The normalized spacial score (nSPS) is 24.0. The van der Waals surface area contributed by atoms with Crippen molar-refractivity contribution in [2.24, 2.45) is 0 Å². The van der Waals surface area contributed by atoms with E-state index in [1.165, 1.54) is 12.8 Å². The van der Waals surface area contributed by atoms with Crippen molar-refractivity contribution in [2.45, 2.75) is 69.9 Å². The molecule has 5 rings (SSSR count). The van der Waals surface area contributed by atoms with Crippen LogP contribution < -0.4 is 15.8 Å². The number of piperazine rings is 1. The van der Waals surface area contributed by atoms with Crippen LogP contribution in [0.2, 0.25) is 0 Å². The summed E-state index contributed by atoms with van der Waals surface area (Å²) in [5.41, 5.74) is 3.64. The number of hydrogen-bond donors (Lipinski definition) is 2. The number of aromatic nitrogens is 2. The molecule has 2 unspecified atom stereocenters. The van der Waals surface area contributed by atoms with E-state index in [0.717, 1.165) is 75.2 Å². The summed E-state index contributed by atoms with van der Waals surface area (Å²) in [7, 11) is 0. The Morgan fingerprint density at radius 3 is 2.55 bits per heavy atom. The summed E-state index contributed by atoms with van der Waals surface area (Å²) in [5, 5.41) is 3.05. The molecule has 2 aliphatic carbocycles. The minimum atomic E-state index is -0.0578. The number of H-pyrrole nitrogens is 1. The summed E-state index contributed by atoms with van der Waals surface area (Å²) >= 11 is 0. The Labute approximate surface area is 195 Å². The molecule has 2 N–H and O–H groups in total. The molecule has 33 heavy (non-hydrogen) atoms. The molecule has 0 bridgehead atoms. The zero-order chi connectivity index (χ0) is 22.8. The lowest BCUT2D eigenvalue weighted by Gasteiger charge is -2.39. The third-order valence-electron chi connectivity index (χ3n) is 7.86. The molecule has 3 fully saturated rings. The van der Waals surface area contributed by atoms with Crippen molar-refractivity contribution in [3.8, 4) is 0 Å². The molecule has 1 saturated heterocycles. The van der Waals surface area contributed by atoms with Gasteiger partial charge in [-0.2, -0.15) is 0 Å². The average Bonchev–Trinajstić information content (AvgIpc) is 3.32. The lowest BCUT2D eigenvalue weighted by Crippen LogP contribution is -2.49. The van der Waals surface area contributed by atoms with Gasteiger partial charge in [-0.15, -0.1) is 0 Å². The van der Waals surface area contributed by atoms with E-state index in [2.05, 4.69) is 31.2 Å². The molecule has 1 amide bonds. The van der Waals surface area contributed by atoms with Crippen LogP contribution in [-0.2, 0) is 6.42 Å². The molecule has 3 heterocycles. The molecule has 3 aliphatic rings. The van der Waals surface area contributed by atoms with E-state index in [0.29, 0.717) is 23.7 Å². The first-order valence-corrected chi connectivity index (χ1v) is 12.6. The first-order valence-electron chi connectivity index (χ1n) is 12.6. The van der Waals surface area contributed by atoms with Crippen LogP contribution in [0.4, 0.5) is 5.69 Å². The lowest BCUT2D eigenvalue weighted by molar-refractivity contribution is 0.0912. The molecule has 0 spiro atoms. The predicted octanol–water partition coefficient (Wildman–Crippen LogP) is 3.07. The molecular formula is C26H35N5O2. The number of carbonyl (C=O) groups is 1. The van der Waals surface area contributed by atoms with Crippen LogP contribution in [-0.4, -0.2) is 59.0 Å². The molecular weight excluding hydrogens is 414 g/mol. The summed E-state index contributed by atoms with van der Waals surface area (Å²) in [4.78, 5) is 37.0. The number of nitrogens with one attached hydrogen (secondary N) is 2. The van der Waals surface area contributed by atoms with Crippen LogP contribution in [0.1, 0.15) is 73.1 Å². The van der Waals surface area contributed by atoms with Crippen molar-refractivity contribution >= 4 is 11.6 Å². The summed E-state index contributed by atoms with van der Waals surface area (Å²) < 4.78 is 0. The maximum Gasteiger partial charge on any atom is 0.270 e. The fourth-order valence-electron chi connectivity index (χ4n) is 5.47. The highest BCUT2D eigenvalue weighted by Gasteiger charge is 2.32. The smallest absolute Gasteiger partial charge is 0.270 e. The topological polar surface area (TPSA) is 81.3 Å². The molecule has 0 aromatic carbocycles. The number of amides is 1. The Hall–Kier alpha value is -2.67. The highest BCUT2D eigenvalue weighted by Crippen LogP contribution is 2.36. The standard InChI is InChI=1S/C26H35N5O2/c1-2-18-7-10-23(29-25(18)32)19-6-8-21(16-19)30-12-14-31(15-13-30)22-9-11-24(27-17-22)26(33)28-20-4-3-5-20/h7,9-11,17,19-21H,2-6,8,12-16H2,1H3,(H,28,33)(H,29,32). The predicted molar refractivity (Wildman–Crippen MR) is 130 cm³/mol. The lowest BCUT2D eigenvalue weighted by atomic mass is 9.93. The second-order valence-corrected chi connectivity index (χ2v) is 9.81. The fraction of sp³-hybridized carbons (Fsp3) is 0.577. The summed E-state index contributed by atoms with van der Waals surface area (Å²) in [5.74, 6) is 0.395. The molecule has 2 saturated carbocycles. The Bertz CT molecular complexity index is 1020. The van der Waals surface area contributed by atoms with Crippen molar-refractivity contribution in [3.63, 3.8) is 0 Å². The Morgan fingerprint density at radius 1 is 1.09 bits per heavy atom. The molecule has 176 valence electrons. The first-order chi connectivity index (χ1) is 16.1. The molecule has 0 radical (unpaired) electrons. The van der Waals surface area contributed by atoms with Gasteiger partial charge in [-0.3, -0.25) is 14.5 Å². The minimum absolute atomic E-state index is 0.0578. The molecule has 2 aromatic heterocycles. The van der Waals surface area contributed by atoms with Crippen LogP contribution in [0.25, 0.3) is 0 Å². The van der Waals surface area contributed by atoms with Gasteiger partial charge < -0.3 is 15.2 Å². The highest BCUT2D eigenvalue weighted by atomic mass is 16.2. The average molecular weight is 450 g/mol. The molecule has 2 aromatic rings. The third-order valence-corrected chi connectivity index (χ3v) is 7.86. The first kappa shape index (κ1) is 22.1. The van der Waals surface area contributed by atoms with Gasteiger partial charge in [0, 0.05) is 55.4 Å². The van der Waals surface area contributed by atoms with Crippen molar-refractivity contribution < 1.29 is 4.79 Å². The summed E-state index contributed by atoms with van der Waals surface area (Å²) in [6.45, 7) is 6.03. The van der Waals surface area contributed by atoms with Gasteiger partial charge in [0.1, 0.15) is 5.69 Å². The second-order valence-electron chi connectivity index (χ2n) is 9.81. The van der Waals surface area contributed by atoms with Crippen LogP contribution in [0.3, 0.4) is 0 Å². The molecule has 1 aliphatic heterocycles. The van der Waals surface area contributed by atoms with Crippen LogP contribution >= 0.6 is 0 Å². The van der Waals surface area contributed by atoms with Crippen LogP contribution in [0.5, 0.6) is 0 Å². The van der Waals surface area contributed by atoms with Crippen molar-refractivity contribution in [1.29, 1.82) is 0 Å². The monoisotopic (exact) mass is 449 g/mol. The number of nitrogens with zero attached hydrogens (tertiary/aromatic N) is 3. The number of aryl methyl sites for hydroxylation is 1. The zero-order valence-corrected chi connectivity index (χ0v) is 19.6. The maximum atomic E-state index is 12.3. The maximum absolute atomic E-state index is 12.3. The van der Waals surface area contributed by atoms with Gasteiger partial charge in [0.2, 0.25) is 0 Å². The molecule has 7 heteroatoms. The number of aromatic amines is 1. The Morgan fingerprint density at radius 2 is 1.91 bits per heavy atom. The van der Waals surface area contributed by atoms with E-state index in [1.54, 1.807) is 0 Å². The Balaban J connectivity index is 1.12. The van der Waals surface area contributed by atoms with Crippen molar-refractivity contribution in [1.82, 2.24) is 20.2 Å². The van der Waals surface area contributed by atoms with E-state index >= 15 is 0 Å². The minimum Gasteiger partial charge on any atom is -0.368 e. The van der Waals surface area contributed by atoms with E-state index in [-0.39, 0.29) is 11.5 Å². The largest absolute Gasteiger partial charge is 0.368 e. The van der Waals surface area contributed by atoms with Crippen LogP contribution in [0.15, 0.2) is 35.3 Å². The van der Waals surface area contributed by atoms with Gasteiger partial charge in [0.25, 0.3) is 11.5 Å². The number of hydrogen-bond acceptors (Lipinski definition) is 5. The van der Waals surface area contributed by atoms with E-state index < -0.39 is 0 Å². The summed E-state index contributed by atoms with van der Waals surface area (Å²) in [6.07, 6.45) is 9.43. The zero-order valence-electron chi connectivity index (χ0n) is 19.6. The van der Waals surface area contributed by atoms with Gasteiger partial charge in [-0.1, -0.05) is 13.0 Å². The third kappa shape index (κ3) is 4.83. The number of pyridine rings is 2. The van der Waals surface area contributed by atoms with E-state index in [9.17, 15) is 9.59 Å². The van der Waals surface area contributed by atoms with Gasteiger partial charge in [0.15, 0.2) is 0 Å². The molecule has 2 atom stereocenters. The number of rotatable bonds is 6.